The van der Waals surface area contributed by atoms with E-state index in [0.29, 0.717) is 6.42 Å². The first-order chi connectivity index (χ1) is 10.9. The van der Waals surface area contributed by atoms with E-state index < -0.39 is 27.1 Å². The van der Waals surface area contributed by atoms with Crippen LogP contribution in [0.4, 0.5) is 11.4 Å². The van der Waals surface area contributed by atoms with Gasteiger partial charge in [-0.1, -0.05) is 20.3 Å². The number of unbranched alkanes of at least 4 members (excludes halogenated alkanes) is 1. The predicted molar refractivity (Wildman–Crippen MR) is 84.5 cm³/mol. The zero-order valence-electron chi connectivity index (χ0n) is 12.9. The number of hydrogen-bond donors (Lipinski definition) is 1. The van der Waals surface area contributed by atoms with Crippen LogP contribution in [0.15, 0.2) is 23.3 Å². The molecule has 0 saturated carbocycles. The van der Waals surface area contributed by atoms with Crippen LogP contribution in [0.2, 0.25) is 0 Å². The van der Waals surface area contributed by atoms with Gasteiger partial charge in [0.1, 0.15) is 0 Å². The van der Waals surface area contributed by atoms with Gasteiger partial charge in [0.25, 0.3) is 17.3 Å². The molecule has 1 rings (SSSR count). The Labute approximate surface area is 132 Å². The second kappa shape index (κ2) is 8.57. The molecule has 9 nitrogen and oxygen atoms in total. The third-order valence-corrected chi connectivity index (χ3v) is 3.13. The van der Waals surface area contributed by atoms with Gasteiger partial charge in [0.15, 0.2) is 0 Å². The van der Waals surface area contributed by atoms with Crippen molar-refractivity contribution in [3.05, 3.63) is 44.0 Å². The minimum Gasteiger partial charge on any atom is -0.267 e. The summed E-state index contributed by atoms with van der Waals surface area (Å²) in [4.78, 5) is 32.1. The molecule has 1 N–H and O–H groups in total. The van der Waals surface area contributed by atoms with Crippen LogP contribution < -0.4 is 5.43 Å². The van der Waals surface area contributed by atoms with Crippen molar-refractivity contribution in [1.82, 2.24) is 5.43 Å². The van der Waals surface area contributed by atoms with Crippen LogP contribution in [0.5, 0.6) is 0 Å². The Bertz CT molecular complexity index is 610. The fraction of sp³-hybridized carbons (Fsp3) is 0.429. The molecule has 0 bridgehead atoms. The molecule has 0 fully saturated rings. The number of rotatable bonds is 8. The van der Waals surface area contributed by atoms with E-state index >= 15 is 0 Å². The monoisotopic (exact) mass is 322 g/mol. The molecule has 1 aromatic carbocycles. The van der Waals surface area contributed by atoms with E-state index in [4.69, 9.17) is 0 Å². The van der Waals surface area contributed by atoms with E-state index in [1.807, 2.05) is 13.8 Å². The molecular formula is C14H18N4O5. The molecular weight excluding hydrogens is 304 g/mol. The number of non-ortho nitro benzene ring substituents is 2. The van der Waals surface area contributed by atoms with Gasteiger partial charge in [-0.25, -0.2) is 5.43 Å². The molecule has 0 aliphatic rings. The smallest absolute Gasteiger partial charge is 0.267 e. The van der Waals surface area contributed by atoms with E-state index in [1.165, 1.54) is 0 Å². The molecule has 0 saturated heterocycles. The average molecular weight is 322 g/mol. The van der Waals surface area contributed by atoms with Crippen molar-refractivity contribution in [1.29, 1.82) is 0 Å². The highest BCUT2D eigenvalue weighted by Crippen LogP contribution is 2.22. The van der Waals surface area contributed by atoms with E-state index in [9.17, 15) is 25.0 Å². The van der Waals surface area contributed by atoms with E-state index in [0.717, 1.165) is 43.2 Å². The van der Waals surface area contributed by atoms with Crippen LogP contribution in [0.25, 0.3) is 0 Å². The Morgan fingerprint density at radius 2 is 1.70 bits per heavy atom. The van der Waals surface area contributed by atoms with Crippen molar-refractivity contribution in [2.75, 3.05) is 0 Å². The minimum atomic E-state index is -0.786. The molecule has 1 aromatic rings. The van der Waals surface area contributed by atoms with E-state index in [2.05, 4.69) is 10.5 Å². The Kier molecular flexibility index (Phi) is 6.78. The van der Waals surface area contributed by atoms with Crippen LogP contribution in [0.1, 0.15) is 49.9 Å². The number of nitrogens with zero attached hydrogens (tertiary/aromatic N) is 3. The summed E-state index contributed by atoms with van der Waals surface area (Å²) < 4.78 is 0. The lowest BCUT2D eigenvalue weighted by atomic mass is 10.1. The molecule has 0 atom stereocenters. The summed E-state index contributed by atoms with van der Waals surface area (Å²) in [6.07, 6.45) is 3.33. The molecule has 0 aromatic heterocycles. The molecule has 0 aliphatic heterocycles. The van der Waals surface area contributed by atoms with Gasteiger partial charge in [0.05, 0.1) is 21.5 Å². The number of nitrogens with one attached hydrogen (secondary N) is 1. The molecule has 23 heavy (non-hydrogen) atoms. The van der Waals surface area contributed by atoms with E-state index in [-0.39, 0.29) is 5.56 Å². The molecule has 0 heterocycles. The van der Waals surface area contributed by atoms with Crippen molar-refractivity contribution in [3.8, 4) is 0 Å². The average Bonchev–Trinajstić information content (AvgIpc) is 2.54. The maximum absolute atomic E-state index is 12.0. The Morgan fingerprint density at radius 3 is 2.13 bits per heavy atom. The number of hydrogen-bond acceptors (Lipinski definition) is 6. The number of carbonyl (C=O) groups is 1. The topological polar surface area (TPSA) is 128 Å². The summed E-state index contributed by atoms with van der Waals surface area (Å²) in [5.74, 6) is -0.723. The van der Waals surface area contributed by atoms with Gasteiger partial charge < -0.3 is 0 Å². The summed E-state index contributed by atoms with van der Waals surface area (Å²) in [7, 11) is 0. The predicted octanol–water partition coefficient (Wildman–Crippen LogP) is 3.19. The Balaban J connectivity index is 3.00. The van der Waals surface area contributed by atoms with E-state index in [1.54, 1.807) is 0 Å². The third kappa shape index (κ3) is 5.46. The lowest BCUT2D eigenvalue weighted by Gasteiger charge is -2.04. The van der Waals surface area contributed by atoms with Crippen molar-refractivity contribution in [3.63, 3.8) is 0 Å². The summed E-state index contributed by atoms with van der Waals surface area (Å²) >= 11 is 0. The van der Waals surface area contributed by atoms with Crippen molar-refractivity contribution in [2.45, 2.75) is 39.5 Å². The fourth-order valence-electron chi connectivity index (χ4n) is 1.82. The SMILES string of the molecule is CCCC/C(CC)=N\NC(=O)c1cc([N+](=O)[O-])cc([N+](=O)[O-])c1. The lowest BCUT2D eigenvalue weighted by Crippen LogP contribution is -2.20. The summed E-state index contributed by atoms with van der Waals surface area (Å²) in [6.45, 7) is 3.94. The van der Waals surface area contributed by atoms with Gasteiger partial charge in [-0.15, -0.1) is 0 Å². The maximum Gasteiger partial charge on any atom is 0.277 e. The molecule has 0 unspecified atom stereocenters. The highest BCUT2D eigenvalue weighted by molar-refractivity contribution is 5.96. The molecule has 1 amide bonds. The zero-order valence-corrected chi connectivity index (χ0v) is 12.9. The van der Waals surface area contributed by atoms with Crippen LogP contribution in [-0.4, -0.2) is 21.5 Å². The lowest BCUT2D eigenvalue weighted by molar-refractivity contribution is -0.394. The first-order valence-corrected chi connectivity index (χ1v) is 7.18. The largest absolute Gasteiger partial charge is 0.277 e. The van der Waals surface area contributed by atoms with Gasteiger partial charge in [0.2, 0.25) is 0 Å². The van der Waals surface area contributed by atoms with Crippen molar-refractivity contribution in [2.24, 2.45) is 5.10 Å². The van der Waals surface area contributed by atoms with Gasteiger partial charge >= 0.3 is 0 Å². The fourth-order valence-corrected chi connectivity index (χ4v) is 1.82. The molecule has 9 heteroatoms. The van der Waals surface area contributed by atoms with Gasteiger partial charge in [-0.05, 0) is 19.3 Å². The quantitative estimate of drug-likeness (QED) is 0.446. The molecule has 0 aliphatic carbocycles. The number of nitro benzene ring substituents is 2. The van der Waals surface area contributed by atoms with Crippen LogP contribution >= 0.6 is 0 Å². The van der Waals surface area contributed by atoms with Crippen molar-refractivity contribution >= 4 is 23.0 Å². The van der Waals surface area contributed by atoms with Crippen LogP contribution in [-0.2, 0) is 0 Å². The standard InChI is InChI=1S/C14H18N4O5/c1-3-5-6-11(4-2)15-16-14(19)10-7-12(17(20)21)9-13(8-10)18(22)23/h7-9H,3-6H2,1-2H3,(H,16,19)/b15-11-. The second-order valence-electron chi connectivity index (χ2n) is 4.83. The highest BCUT2D eigenvalue weighted by Gasteiger charge is 2.19. The zero-order chi connectivity index (χ0) is 17.4. The molecule has 0 radical (unpaired) electrons. The summed E-state index contributed by atoms with van der Waals surface area (Å²) in [5, 5.41) is 25.6. The Hall–Kier alpha value is -2.84. The number of amides is 1. The maximum atomic E-state index is 12.0. The number of nitro groups is 2. The van der Waals surface area contributed by atoms with Gasteiger partial charge in [-0.3, -0.25) is 25.0 Å². The third-order valence-electron chi connectivity index (χ3n) is 3.13. The number of carbonyl (C=O) groups excluding carboxylic acids is 1. The Morgan fingerprint density at radius 1 is 1.13 bits per heavy atom. The number of hydrazone groups is 1. The molecule has 124 valence electrons. The molecule has 0 spiro atoms. The van der Waals surface area contributed by atoms with Gasteiger partial charge in [-0.2, -0.15) is 5.10 Å². The van der Waals surface area contributed by atoms with Crippen LogP contribution in [0.3, 0.4) is 0 Å². The van der Waals surface area contributed by atoms with Gasteiger partial charge in [0, 0.05) is 17.8 Å². The highest BCUT2D eigenvalue weighted by atomic mass is 16.6. The summed E-state index contributed by atoms with van der Waals surface area (Å²) in [5.41, 5.74) is 1.87. The minimum absolute atomic E-state index is 0.180. The van der Waals surface area contributed by atoms with Crippen LogP contribution in [0, 0.1) is 20.2 Å². The summed E-state index contributed by atoms with van der Waals surface area (Å²) in [6, 6.07) is 2.77. The van der Waals surface area contributed by atoms with Crippen molar-refractivity contribution < 1.29 is 14.6 Å². The second-order valence-corrected chi connectivity index (χ2v) is 4.83. The first kappa shape index (κ1) is 18.2. The normalized spacial score (nSPS) is 11.1. The first-order valence-electron chi connectivity index (χ1n) is 7.18. The number of benzene rings is 1.